The van der Waals surface area contributed by atoms with Crippen LogP contribution in [0.15, 0.2) is 0 Å². The van der Waals surface area contributed by atoms with E-state index >= 15 is 0 Å². The summed E-state index contributed by atoms with van der Waals surface area (Å²) in [6, 6.07) is -1.19. The zero-order valence-corrected chi connectivity index (χ0v) is 8.96. The molecule has 0 aliphatic heterocycles. The largest absolute Gasteiger partial charge is 0.355 e. The van der Waals surface area contributed by atoms with Crippen LogP contribution in [0.2, 0.25) is 0 Å². The number of carbonyl (C=O) groups excluding carboxylic acids is 2. The second kappa shape index (κ2) is 6.23. The lowest BCUT2D eigenvalue weighted by Crippen LogP contribution is -2.49. The molecule has 0 radical (unpaired) electrons. The Morgan fingerprint density at radius 2 is 1.93 bits per heavy atom. The minimum absolute atomic E-state index is 0.181. The number of hydrogen-bond acceptors (Lipinski definition) is 2. The van der Waals surface area contributed by atoms with Crippen LogP contribution < -0.4 is 16.4 Å². The summed E-state index contributed by atoms with van der Waals surface area (Å²) in [6.07, 6.45) is 0.592. The number of rotatable bonds is 5. The first-order valence-electron chi connectivity index (χ1n) is 4.81. The summed E-state index contributed by atoms with van der Waals surface area (Å²) >= 11 is 0. The first kappa shape index (κ1) is 12.7. The smallest absolute Gasteiger partial charge is 0.312 e. The summed E-state index contributed by atoms with van der Waals surface area (Å²) in [4.78, 5) is 22.1. The van der Waals surface area contributed by atoms with E-state index in [1.54, 1.807) is 0 Å². The van der Waals surface area contributed by atoms with Gasteiger partial charge in [0.1, 0.15) is 6.04 Å². The van der Waals surface area contributed by atoms with Crippen molar-refractivity contribution in [2.45, 2.75) is 33.2 Å². The van der Waals surface area contributed by atoms with Gasteiger partial charge in [0.25, 0.3) is 0 Å². The summed E-state index contributed by atoms with van der Waals surface area (Å²) < 4.78 is 0. The number of carbonyl (C=O) groups is 2. The molecule has 1 unspecified atom stereocenters. The molecule has 0 heterocycles. The summed E-state index contributed by atoms with van der Waals surface area (Å²) in [5.41, 5.74) is 4.97. The van der Waals surface area contributed by atoms with Crippen molar-refractivity contribution in [1.82, 2.24) is 10.6 Å². The second-order valence-corrected chi connectivity index (χ2v) is 3.59. The van der Waals surface area contributed by atoms with E-state index in [0.29, 0.717) is 18.9 Å². The van der Waals surface area contributed by atoms with Gasteiger partial charge in [-0.1, -0.05) is 13.8 Å². The Kier molecular flexibility index (Phi) is 5.67. The maximum atomic E-state index is 11.4. The molecule has 0 fully saturated rings. The van der Waals surface area contributed by atoms with Crippen LogP contribution in [-0.2, 0) is 4.79 Å². The summed E-state index contributed by atoms with van der Waals surface area (Å²) in [6.45, 7) is 6.34. The molecule has 0 rings (SSSR count). The van der Waals surface area contributed by atoms with Gasteiger partial charge in [-0.05, 0) is 19.3 Å². The molecule has 0 aliphatic rings. The first-order valence-corrected chi connectivity index (χ1v) is 4.81. The first-order chi connectivity index (χ1) is 6.47. The fourth-order valence-corrected chi connectivity index (χ4v) is 1.17. The van der Waals surface area contributed by atoms with E-state index in [0.717, 1.165) is 0 Å². The lowest BCUT2D eigenvalue weighted by atomic mass is 10.0. The zero-order valence-electron chi connectivity index (χ0n) is 8.96. The van der Waals surface area contributed by atoms with E-state index in [9.17, 15) is 9.59 Å². The normalized spacial score (nSPS) is 12.3. The molecule has 4 N–H and O–H groups in total. The Labute approximate surface area is 84.4 Å². The molecular weight excluding hydrogens is 182 g/mol. The molecule has 0 aromatic rings. The number of nitrogens with two attached hydrogens (primary N) is 1. The van der Waals surface area contributed by atoms with E-state index in [4.69, 9.17) is 5.73 Å². The maximum Gasteiger partial charge on any atom is 0.312 e. The number of nitrogens with one attached hydrogen (secondary N) is 2. The Hall–Kier alpha value is -1.26. The van der Waals surface area contributed by atoms with Crippen LogP contribution in [-0.4, -0.2) is 24.5 Å². The molecule has 0 aliphatic carbocycles. The maximum absolute atomic E-state index is 11.4. The fraction of sp³-hybridized carbons (Fsp3) is 0.778. The van der Waals surface area contributed by atoms with Crippen LogP contribution in [0, 0.1) is 5.92 Å². The zero-order chi connectivity index (χ0) is 11.1. The van der Waals surface area contributed by atoms with Crippen molar-refractivity contribution >= 4 is 11.9 Å². The number of likely N-dealkylation sites (N-methyl/N-ethyl adjacent to an activating group) is 1. The number of amides is 3. The molecule has 14 heavy (non-hydrogen) atoms. The SMILES string of the molecule is CCNC(=O)C(CC(C)C)NC(N)=O. The van der Waals surface area contributed by atoms with Gasteiger partial charge >= 0.3 is 6.03 Å². The van der Waals surface area contributed by atoms with E-state index < -0.39 is 12.1 Å². The minimum Gasteiger partial charge on any atom is -0.355 e. The van der Waals surface area contributed by atoms with Gasteiger partial charge < -0.3 is 16.4 Å². The lowest BCUT2D eigenvalue weighted by molar-refractivity contribution is -0.123. The molecule has 0 spiro atoms. The average molecular weight is 201 g/mol. The van der Waals surface area contributed by atoms with Crippen LogP contribution in [0.1, 0.15) is 27.2 Å². The topological polar surface area (TPSA) is 84.2 Å². The third-order valence-corrected chi connectivity index (χ3v) is 1.69. The summed E-state index contributed by atoms with van der Waals surface area (Å²) in [5.74, 6) is 0.148. The molecule has 5 nitrogen and oxygen atoms in total. The van der Waals surface area contributed by atoms with Crippen molar-refractivity contribution in [3.63, 3.8) is 0 Å². The second-order valence-electron chi connectivity index (χ2n) is 3.59. The van der Waals surface area contributed by atoms with Crippen molar-refractivity contribution in [2.75, 3.05) is 6.54 Å². The van der Waals surface area contributed by atoms with Gasteiger partial charge in [-0.2, -0.15) is 0 Å². The molecule has 5 heteroatoms. The number of primary amides is 1. The quantitative estimate of drug-likeness (QED) is 0.594. The van der Waals surface area contributed by atoms with Gasteiger partial charge in [-0.15, -0.1) is 0 Å². The van der Waals surface area contributed by atoms with Crippen LogP contribution in [0.5, 0.6) is 0 Å². The van der Waals surface area contributed by atoms with E-state index in [1.807, 2.05) is 20.8 Å². The highest BCUT2D eigenvalue weighted by atomic mass is 16.2. The molecule has 0 saturated heterocycles. The van der Waals surface area contributed by atoms with E-state index in [2.05, 4.69) is 10.6 Å². The molecule has 0 aromatic carbocycles. The van der Waals surface area contributed by atoms with Gasteiger partial charge in [-0.25, -0.2) is 4.79 Å². The van der Waals surface area contributed by atoms with Gasteiger partial charge in [0.2, 0.25) is 5.91 Å². The molecule has 3 amide bonds. The summed E-state index contributed by atoms with van der Waals surface area (Å²) in [5, 5.41) is 5.07. The van der Waals surface area contributed by atoms with Gasteiger partial charge in [0.05, 0.1) is 0 Å². The summed E-state index contributed by atoms with van der Waals surface area (Å²) in [7, 11) is 0. The van der Waals surface area contributed by atoms with Crippen molar-refractivity contribution in [2.24, 2.45) is 11.7 Å². The van der Waals surface area contributed by atoms with Gasteiger partial charge in [0.15, 0.2) is 0 Å². The highest BCUT2D eigenvalue weighted by molar-refractivity contribution is 5.86. The fourth-order valence-electron chi connectivity index (χ4n) is 1.17. The van der Waals surface area contributed by atoms with Crippen LogP contribution in [0.25, 0.3) is 0 Å². The Bertz CT molecular complexity index is 204. The minimum atomic E-state index is -0.665. The number of urea groups is 1. The Morgan fingerprint density at radius 3 is 2.29 bits per heavy atom. The van der Waals surface area contributed by atoms with Gasteiger partial charge in [0, 0.05) is 6.54 Å². The molecule has 82 valence electrons. The standard InChI is InChI=1S/C9H19N3O2/c1-4-11-8(13)7(5-6(2)3)12-9(10)14/h6-7H,4-5H2,1-3H3,(H,11,13)(H3,10,12,14). The monoisotopic (exact) mass is 201 g/mol. The molecule has 0 bridgehead atoms. The third kappa shape index (κ3) is 5.40. The van der Waals surface area contributed by atoms with Crippen molar-refractivity contribution in [1.29, 1.82) is 0 Å². The third-order valence-electron chi connectivity index (χ3n) is 1.69. The molecule has 0 aromatic heterocycles. The molecule has 0 saturated carbocycles. The van der Waals surface area contributed by atoms with E-state index in [-0.39, 0.29) is 5.91 Å². The van der Waals surface area contributed by atoms with Crippen molar-refractivity contribution < 1.29 is 9.59 Å². The van der Waals surface area contributed by atoms with Crippen LogP contribution in [0.4, 0.5) is 4.79 Å². The highest BCUT2D eigenvalue weighted by Crippen LogP contribution is 2.04. The Balaban J connectivity index is 4.22. The molecule has 1 atom stereocenters. The van der Waals surface area contributed by atoms with Gasteiger partial charge in [-0.3, -0.25) is 4.79 Å². The van der Waals surface area contributed by atoms with E-state index in [1.165, 1.54) is 0 Å². The van der Waals surface area contributed by atoms with Crippen molar-refractivity contribution in [3.05, 3.63) is 0 Å². The van der Waals surface area contributed by atoms with Crippen molar-refractivity contribution in [3.8, 4) is 0 Å². The Morgan fingerprint density at radius 1 is 1.36 bits per heavy atom. The average Bonchev–Trinajstić information content (AvgIpc) is 2.01. The van der Waals surface area contributed by atoms with Crippen LogP contribution in [0.3, 0.4) is 0 Å². The molecular formula is C9H19N3O2. The highest BCUT2D eigenvalue weighted by Gasteiger charge is 2.19. The predicted octanol–water partition coefficient (Wildman–Crippen LogP) is 0.206. The van der Waals surface area contributed by atoms with Crippen LogP contribution >= 0.6 is 0 Å². The number of hydrogen-bond donors (Lipinski definition) is 3. The predicted molar refractivity (Wildman–Crippen MR) is 54.6 cm³/mol. The lowest BCUT2D eigenvalue weighted by Gasteiger charge is -2.18.